The molecule has 2 aliphatic heterocycles. The first-order valence-corrected chi connectivity index (χ1v) is 14.0. The number of hydrogen-bond acceptors (Lipinski definition) is 8. The molecule has 0 bridgehead atoms. The number of rotatable bonds is 10. The number of hydrogen-bond donors (Lipinski definition) is 5. The maximum atomic E-state index is 12.7. The quantitative estimate of drug-likeness (QED) is 0.268. The Hall–Kier alpha value is -0.810. The maximum Gasteiger partial charge on any atom is 0.331 e. The van der Waals surface area contributed by atoms with E-state index >= 15 is 0 Å². The number of nitrogens with zero attached hydrogens (tertiary/aromatic N) is 1. The molecule has 14 heteroatoms. The lowest BCUT2D eigenvalue weighted by Crippen LogP contribution is -2.57. The zero-order valence-corrected chi connectivity index (χ0v) is 20.0. The van der Waals surface area contributed by atoms with Crippen molar-refractivity contribution in [3.63, 3.8) is 0 Å². The number of carbonyl (C=O) groups excluding carboxylic acids is 1. The highest BCUT2D eigenvalue weighted by Gasteiger charge is 2.53. The molecule has 5 N–H and O–H groups in total. The lowest BCUT2D eigenvalue weighted by Gasteiger charge is -2.38. The molecule has 6 atom stereocenters. The van der Waals surface area contributed by atoms with Crippen molar-refractivity contribution in [1.82, 2.24) is 10.2 Å². The zero-order valence-electron chi connectivity index (χ0n) is 18.2. The SMILES string of the molecule is CC1=CN(C2OC(CCP(=O)(O)O)C(OP(=O)(O)C(C)C)C2OCC2CC2)C(O)NC1=O. The molecule has 1 aliphatic carbocycles. The number of aliphatic hydroxyl groups is 1. The van der Waals surface area contributed by atoms with Crippen LogP contribution in [-0.4, -0.2) is 79.9 Å². The average molecular weight is 498 g/mol. The van der Waals surface area contributed by atoms with E-state index < -0.39 is 63.8 Å². The minimum Gasteiger partial charge on any atom is -0.370 e. The van der Waals surface area contributed by atoms with Crippen molar-refractivity contribution in [3.8, 4) is 0 Å². The summed E-state index contributed by atoms with van der Waals surface area (Å²) in [4.78, 5) is 42.2. The van der Waals surface area contributed by atoms with Crippen LogP contribution in [-0.2, 0) is 27.9 Å². The van der Waals surface area contributed by atoms with Crippen LogP contribution in [0.5, 0.6) is 0 Å². The molecule has 0 radical (unpaired) electrons. The summed E-state index contributed by atoms with van der Waals surface area (Å²) < 4.78 is 41.8. The Balaban J connectivity index is 1.92. The molecule has 0 spiro atoms. The Bertz CT molecular complexity index is 827. The third-order valence-electron chi connectivity index (χ3n) is 5.67. The molecule has 2 heterocycles. The van der Waals surface area contributed by atoms with Crippen LogP contribution >= 0.6 is 15.2 Å². The third-order valence-corrected chi connectivity index (χ3v) is 8.37. The average Bonchev–Trinajstić information content (AvgIpc) is 3.43. The Morgan fingerprint density at radius 3 is 2.47 bits per heavy atom. The monoisotopic (exact) mass is 498 g/mol. The topological polar surface area (TPSA) is 175 Å². The molecule has 184 valence electrons. The van der Waals surface area contributed by atoms with Gasteiger partial charge in [-0.05, 0) is 32.1 Å². The van der Waals surface area contributed by atoms with Gasteiger partial charge in [0.1, 0.15) is 12.2 Å². The summed E-state index contributed by atoms with van der Waals surface area (Å²) in [5.74, 6) is -0.132. The molecule has 12 nitrogen and oxygen atoms in total. The zero-order chi connectivity index (χ0) is 23.8. The van der Waals surface area contributed by atoms with Crippen molar-refractivity contribution in [1.29, 1.82) is 0 Å². The second-order valence-electron chi connectivity index (χ2n) is 8.82. The second kappa shape index (κ2) is 9.82. The number of ether oxygens (including phenoxy) is 2. The number of carbonyl (C=O) groups is 1. The Morgan fingerprint density at radius 1 is 1.25 bits per heavy atom. The van der Waals surface area contributed by atoms with E-state index in [1.807, 2.05) is 0 Å². The normalized spacial score (nSPS) is 33.2. The summed E-state index contributed by atoms with van der Waals surface area (Å²) in [6.07, 6.45) is -2.87. The van der Waals surface area contributed by atoms with E-state index in [2.05, 4.69) is 5.32 Å². The lowest BCUT2D eigenvalue weighted by molar-refractivity contribution is -0.159. The van der Waals surface area contributed by atoms with E-state index in [-0.39, 0.29) is 6.42 Å². The fourth-order valence-corrected chi connectivity index (χ4v) is 4.92. The highest BCUT2D eigenvalue weighted by atomic mass is 31.2. The summed E-state index contributed by atoms with van der Waals surface area (Å²) in [7, 11) is -8.49. The van der Waals surface area contributed by atoms with Gasteiger partial charge < -0.3 is 39.5 Å². The molecule has 0 aromatic carbocycles. The summed E-state index contributed by atoms with van der Waals surface area (Å²) in [6.45, 7) is 4.93. The van der Waals surface area contributed by atoms with Gasteiger partial charge in [-0.2, -0.15) is 0 Å². The van der Waals surface area contributed by atoms with Crippen LogP contribution in [0.4, 0.5) is 0 Å². The van der Waals surface area contributed by atoms with Gasteiger partial charge in [0.05, 0.1) is 24.5 Å². The summed E-state index contributed by atoms with van der Waals surface area (Å²) >= 11 is 0. The molecule has 3 aliphatic rings. The highest BCUT2D eigenvalue weighted by molar-refractivity contribution is 7.53. The van der Waals surface area contributed by atoms with Gasteiger partial charge in [-0.1, -0.05) is 13.8 Å². The molecule has 2 fully saturated rings. The van der Waals surface area contributed by atoms with Crippen molar-refractivity contribution in [3.05, 3.63) is 11.8 Å². The molecule has 32 heavy (non-hydrogen) atoms. The van der Waals surface area contributed by atoms with E-state index in [0.717, 1.165) is 12.8 Å². The Kier molecular flexibility index (Phi) is 7.92. The molecule has 1 saturated heterocycles. The van der Waals surface area contributed by atoms with Gasteiger partial charge in [0.25, 0.3) is 5.91 Å². The second-order valence-corrected chi connectivity index (χ2v) is 13.0. The Morgan fingerprint density at radius 2 is 1.91 bits per heavy atom. The van der Waals surface area contributed by atoms with Crippen LogP contribution in [0.25, 0.3) is 0 Å². The van der Waals surface area contributed by atoms with Gasteiger partial charge in [-0.15, -0.1) is 0 Å². The van der Waals surface area contributed by atoms with Gasteiger partial charge in [0.15, 0.2) is 6.23 Å². The standard InChI is InChI=1S/C18H32N2O10P2/c1-10(2)32(26,27)30-14-13(6-7-31(23,24)25)29-17(15(14)28-9-12-4-5-12)20-8-11(3)16(21)19-18(20)22/h8,10,12-15,17-18,22H,4-7,9H2,1-3H3,(H,19,21)(H,26,27)(H2,23,24,25). The minimum atomic E-state index is -4.38. The van der Waals surface area contributed by atoms with Crippen LogP contribution in [0.15, 0.2) is 11.8 Å². The predicted molar refractivity (Wildman–Crippen MR) is 112 cm³/mol. The minimum absolute atomic E-state index is 0.161. The molecule has 6 unspecified atom stereocenters. The van der Waals surface area contributed by atoms with Crippen LogP contribution in [0, 0.1) is 5.92 Å². The summed E-state index contributed by atoms with van der Waals surface area (Å²) in [6, 6.07) is 0. The van der Waals surface area contributed by atoms with Crippen molar-refractivity contribution >= 4 is 21.1 Å². The van der Waals surface area contributed by atoms with Gasteiger partial charge >= 0.3 is 15.2 Å². The molecule has 1 amide bonds. The molecule has 0 aromatic rings. The van der Waals surface area contributed by atoms with E-state index in [0.29, 0.717) is 18.1 Å². The smallest absolute Gasteiger partial charge is 0.331 e. The first-order valence-electron chi connectivity index (χ1n) is 10.6. The predicted octanol–water partition coefficient (Wildman–Crippen LogP) is 0.665. The van der Waals surface area contributed by atoms with Crippen molar-refractivity contribution in [2.45, 2.75) is 76.6 Å². The molecular formula is C18H32N2O10P2. The number of aliphatic hydroxyl groups excluding tert-OH is 1. The maximum absolute atomic E-state index is 12.7. The van der Waals surface area contributed by atoms with Crippen LogP contribution in [0.2, 0.25) is 0 Å². The van der Waals surface area contributed by atoms with Crippen LogP contribution in [0.3, 0.4) is 0 Å². The van der Waals surface area contributed by atoms with Crippen molar-refractivity contribution < 1.29 is 47.7 Å². The van der Waals surface area contributed by atoms with Crippen molar-refractivity contribution in [2.75, 3.05) is 12.8 Å². The summed E-state index contributed by atoms with van der Waals surface area (Å²) in [5, 5.41) is 12.8. The lowest BCUT2D eigenvalue weighted by atomic mass is 10.1. The van der Waals surface area contributed by atoms with Crippen molar-refractivity contribution in [2.24, 2.45) is 5.92 Å². The molecule has 3 rings (SSSR count). The molecule has 1 saturated carbocycles. The largest absolute Gasteiger partial charge is 0.370 e. The van der Waals surface area contributed by atoms with Gasteiger partial charge in [0.2, 0.25) is 6.35 Å². The first-order chi connectivity index (χ1) is 14.8. The number of amides is 1. The fraction of sp³-hybridized carbons (Fsp3) is 0.833. The summed E-state index contributed by atoms with van der Waals surface area (Å²) in [5.41, 5.74) is -0.430. The Labute approximate surface area is 186 Å². The van der Waals surface area contributed by atoms with Crippen LogP contribution in [0.1, 0.15) is 40.0 Å². The van der Waals surface area contributed by atoms with E-state index in [1.54, 1.807) is 6.92 Å². The third kappa shape index (κ3) is 6.40. The van der Waals surface area contributed by atoms with E-state index in [9.17, 15) is 33.7 Å². The number of nitrogens with one attached hydrogen (secondary N) is 1. The van der Waals surface area contributed by atoms with Crippen LogP contribution < -0.4 is 5.32 Å². The van der Waals surface area contributed by atoms with Gasteiger partial charge in [-0.25, -0.2) is 0 Å². The first kappa shape index (κ1) is 25.8. The molecule has 0 aromatic heterocycles. The van der Waals surface area contributed by atoms with E-state index in [4.69, 9.17) is 14.0 Å². The van der Waals surface area contributed by atoms with Gasteiger partial charge in [-0.3, -0.25) is 18.4 Å². The van der Waals surface area contributed by atoms with Gasteiger partial charge in [0, 0.05) is 11.8 Å². The van der Waals surface area contributed by atoms with E-state index in [1.165, 1.54) is 24.9 Å². The fourth-order valence-electron chi connectivity index (χ4n) is 3.48. The highest BCUT2D eigenvalue weighted by Crippen LogP contribution is 2.52. The molecular weight excluding hydrogens is 466 g/mol.